The van der Waals surface area contributed by atoms with E-state index in [1.165, 1.54) is 51.4 Å². The standard InChI is InChI=1S/C34H64N2O9/c1-34(2,3)45-33(41)19-15-13-11-9-7-5-4-6-8-10-12-14-18-30(37)35-22-16-24-42-26-28-44-29-27-43-25-17-23-36-31(38)20-21-32(39)40/h4-29H2,1-3H3,(H,35,37)(H,36,38)(H,39,40). The third kappa shape index (κ3) is 36.1. The molecule has 0 aromatic heterocycles. The van der Waals surface area contributed by atoms with Gasteiger partial charge in [0.2, 0.25) is 11.8 Å². The molecule has 0 aromatic carbocycles. The van der Waals surface area contributed by atoms with Crippen molar-refractivity contribution in [2.45, 2.75) is 142 Å². The fraction of sp³-hybridized carbons (Fsp3) is 0.882. The van der Waals surface area contributed by atoms with Crippen molar-refractivity contribution in [2.24, 2.45) is 0 Å². The third-order valence-corrected chi connectivity index (χ3v) is 6.84. The predicted octanol–water partition coefficient (Wildman–Crippen LogP) is 5.72. The minimum Gasteiger partial charge on any atom is -0.481 e. The highest BCUT2D eigenvalue weighted by atomic mass is 16.6. The average molecular weight is 645 g/mol. The monoisotopic (exact) mass is 644 g/mol. The van der Waals surface area contributed by atoms with Crippen LogP contribution in [0.25, 0.3) is 0 Å². The highest BCUT2D eigenvalue weighted by Crippen LogP contribution is 2.14. The van der Waals surface area contributed by atoms with E-state index in [1.807, 2.05) is 20.8 Å². The van der Waals surface area contributed by atoms with Gasteiger partial charge in [-0.25, -0.2) is 0 Å². The van der Waals surface area contributed by atoms with Crippen LogP contribution in [0.1, 0.15) is 136 Å². The Kier molecular flexibility index (Phi) is 28.9. The van der Waals surface area contributed by atoms with Crippen molar-refractivity contribution in [1.82, 2.24) is 10.6 Å². The second-order valence-corrected chi connectivity index (χ2v) is 12.5. The lowest BCUT2D eigenvalue weighted by molar-refractivity contribution is -0.155. The quantitative estimate of drug-likeness (QED) is 0.0618. The van der Waals surface area contributed by atoms with E-state index in [0.717, 1.165) is 32.1 Å². The molecule has 264 valence electrons. The van der Waals surface area contributed by atoms with Gasteiger partial charge in [0.25, 0.3) is 0 Å². The van der Waals surface area contributed by atoms with Crippen LogP contribution in [-0.2, 0) is 38.1 Å². The zero-order chi connectivity index (χ0) is 33.4. The Morgan fingerprint density at radius 1 is 0.489 bits per heavy atom. The summed E-state index contributed by atoms with van der Waals surface area (Å²) in [6.07, 6.45) is 16.4. The summed E-state index contributed by atoms with van der Waals surface area (Å²) < 4.78 is 21.7. The molecule has 3 N–H and O–H groups in total. The summed E-state index contributed by atoms with van der Waals surface area (Å²) in [6.45, 7) is 9.76. The molecule has 0 spiro atoms. The number of rotatable bonds is 32. The second-order valence-electron chi connectivity index (χ2n) is 12.5. The van der Waals surface area contributed by atoms with Crippen molar-refractivity contribution in [2.75, 3.05) is 52.7 Å². The number of esters is 1. The van der Waals surface area contributed by atoms with Crippen molar-refractivity contribution in [3.05, 3.63) is 0 Å². The summed E-state index contributed by atoms with van der Waals surface area (Å²) in [5.74, 6) is -1.21. The van der Waals surface area contributed by atoms with Gasteiger partial charge in [-0.3, -0.25) is 19.2 Å². The van der Waals surface area contributed by atoms with E-state index < -0.39 is 5.97 Å². The van der Waals surface area contributed by atoms with E-state index in [0.29, 0.717) is 72.0 Å². The molecule has 0 atom stereocenters. The predicted molar refractivity (Wildman–Crippen MR) is 175 cm³/mol. The van der Waals surface area contributed by atoms with E-state index in [-0.39, 0.29) is 36.2 Å². The molecule has 0 aliphatic rings. The van der Waals surface area contributed by atoms with Gasteiger partial charge in [-0.15, -0.1) is 0 Å². The molecular weight excluding hydrogens is 580 g/mol. The smallest absolute Gasteiger partial charge is 0.306 e. The summed E-state index contributed by atoms with van der Waals surface area (Å²) in [5.41, 5.74) is -0.386. The van der Waals surface area contributed by atoms with Crippen LogP contribution >= 0.6 is 0 Å². The SMILES string of the molecule is CC(C)(C)OC(=O)CCCCCCCCCCCCCCC(=O)NCCCOCCOCCOCCCNC(=O)CCC(=O)O. The number of hydrogen-bond donors (Lipinski definition) is 3. The Labute approximate surface area is 272 Å². The number of carboxylic acids is 1. The lowest BCUT2D eigenvalue weighted by Crippen LogP contribution is -2.25. The van der Waals surface area contributed by atoms with Gasteiger partial charge in [0.1, 0.15) is 5.60 Å². The molecule has 0 rings (SSSR count). The van der Waals surface area contributed by atoms with Crippen LogP contribution in [0.2, 0.25) is 0 Å². The summed E-state index contributed by atoms with van der Waals surface area (Å²) in [5, 5.41) is 14.1. The maximum absolute atomic E-state index is 12.0. The topological polar surface area (TPSA) is 149 Å². The molecule has 45 heavy (non-hydrogen) atoms. The molecule has 11 nitrogen and oxygen atoms in total. The molecule has 0 saturated heterocycles. The van der Waals surface area contributed by atoms with Crippen LogP contribution < -0.4 is 10.6 Å². The summed E-state index contributed by atoms with van der Waals surface area (Å²) in [7, 11) is 0. The molecule has 0 aliphatic carbocycles. The van der Waals surface area contributed by atoms with Crippen LogP contribution in [0.3, 0.4) is 0 Å². The third-order valence-electron chi connectivity index (χ3n) is 6.84. The van der Waals surface area contributed by atoms with E-state index >= 15 is 0 Å². The highest BCUT2D eigenvalue weighted by molar-refractivity contribution is 5.80. The van der Waals surface area contributed by atoms with Gasteiger partial charge in [-0.2, -0.15) is 0 Å². The van der Waals surface area contributed by atoms with Crippen molar-refractivity contribution in [1.29, 1.82) is 0 Å². The Bertz CT molecular complexity index is 756. The summed E-state index contributed by atoms with van der Waals surface area (Å²) in [4.78, 5) is 45.4. The number of nitrogens with one attached hydrogen (secondary N) is 2. The van der Waals surface area contributed by atoms with Gasteiger partial charge < -0.3 is 34.7 Å². The number of unbranched alkanes of at least 4 members (excludes halogenated alkanes) is 11. The first-order chi connectivity index (χ1) is 21.6. The number of ether oxygens (including phenoxy) is 4. The molecule has 11 heteroatoms. The van der Waals surface area contributed by atoms with E-state index in [4.69, 9.17) is 24.1 Å². The van der Waals surface area contributed by atoms with Gasteiger partial charge in [-0.05, 0) is 46.5 Å². The first-order valence-electron chi connectivity index (χ1n) is 17.3. The summed E-state index contributed by atoms with van der Waals surface area (Å²) >= 11 is 0. The first kappa shape index (κ1) is 42.8. The van der Waals surface area contributed by atoms with Crippen LogP contribution in [-0.4, -0.2) is 87.2 Å². The minimum absolute atomic E-state index is 0.00686. The fourth-order valence-corrected chi connectivity index (χ4v) is 4.46. The van der Waals surface area contributed by atoms with E-state index in [1.54, 1.807) is 0 Å². The van der Waals surface area contributed by atoms with E-state index in [2.05, 4.69) is 10.6 Å². The highest BCUT2D eigenvalue weighted by Gasteiger charge is 2.15. The molecule has 0 bridgehead atoms. The van der Waals surface area contributed by atoms with Gasteiger partial charge in [0, 0.05) is 45.6 Å². The molecule has 0 saturated carbocycles. The van der Waals surface area contributed by atoms with Crippen LogP contribution in [0.15, 0.2) is 0 Å². The summed E-state index contributed by atoms with van der Waals surface area (Å²) in [6, 6.07) is 0. The lowest BCUT2D eigenvalue weighted by atomic mass is 10.0. The largest absolute Gasteiger partial charge is 0.481 e. The molecule has 0 heterocycles. The maximum atomic E-state index is 12.0. The van der Waals surface area contributed by atoms with Crippen molar-refractivity contribution in [3.8, 4) is 0 Å². The number of carbonyl (C=O) groups excluding carboxylic acids is 3. The van der Waals surface area contributed by atoms with Crippen molar-refractivity contribution in [3.63, 3.8) is 0 Å². The van der Waals surface area contributed by atoms with E-state index in [9.17, 15) is 19.2 Å². The lowest BCUT2D eigenvalue weighted by Gasteiger charge is -2.19. The molecule has 2 amide bonds. The average Bonchev–Trinajstić information content (AvgIpc) is 2.97. The zero-order valence-corrected chi connectivity index (χ0v) is 28.6. The number of carbonyl (C=O) groups is 4. The first-order valence-corrected chi connectivity index (χ1v) is 17.3. The van der Waals surface area contributed by atoms with Crippen molar-refractivity contribution >= 4 is 23.8 Å². The normalized spacial score (nSPS) is 11.4. The van der Waals surface area contributed by atoms with Crippen LogP contribution in [0.5, 0.6) is 0 Å². The van der Waals surface area contributed by atoms with Crippen molar-refractivity contribution < 1.29 is 43.2 Å². The number of aliphatic carboxylic acids is 1. The Balaban J connectivity index is 3.26. The molecule has 0 fully saturated rings. The van der Waals surface area contributed by atoms with Crippen LogP contribution in [0.4, 0.5) is 0 Å². The molecular formula is C34H64N2O9. The van der Waals surface area contributed by atoms with Gasteiger partial charge in [-0.1, -0.05) is 64.2 Å². The van der Waals surface area contributed by atoms with Crippen LogP contribution in [0, 0.1) is 0 Å². The Morgan fingerprint density at radius 2 is 0.867 bits per heavy atom. The Morgan fingerprint density at radius 3 is 1.29 bits per heavy atom. The van der Waals surface area contributed by atoms with Gasteiger partial charge >= 0.3 is 11.9 Å². The second kappa shape index (κ2) is 30.4. The number of hydrogen-bond acceptors (Lipinski definition) is 8. The van der Waals surface area contributed by atoms with Gasteiger partial charge in [0.05, 0.1) is 32.8 Å². The molecule has 0 aromatic rings. The fourth-order valence-electron chi connectivity index (χ4n) is 4.46. The van der Waals surface area contributed by atoms with Gasteiger partial charge in [0.15, 0.2) is 0 Å². The molecule has 0 radical (unpaired) electrons. The minimum atomic E-state index is -0.980. The zero-order valence-electron chi connectivity index (χ0n) is 28.6. The maximum Gasteiger partial charge on any atom is 0.306 e. The molecule has 0 unspecified atom stereocenters. The number of carboxylic acid groups (broad SMARTS) is 1. The Hall–Kier alpha value is -2.24. The molecule has 0 aliphatic heterocycles. The number of amides is 2.